The Hall–Kier alpha value is -0.930. The van der Waals surface area contributed by atoms with E-state index >= 15 is 0 Å². The molecular weight excluding hydrogens is 198 g/mol. The molecule has 0 saturated carbocycles. The fourth-order valence-corrected chi connectivity index (χ4v) is 2.40. The Balaban J connectivity index is 1.72. The van der Waals surface area contributed by atoms with Gasteiger partial charge in [0.2, 0.25) is 0 Å². The first-order valence-electron chi connectivity index (χ1n) is 6.14. The number of nitrogens with one attached hydrogen (secondary N) is 1. The molecule has 1 atom stereocenters. The van der Waals surface area contributed by atoms with Gasteiger partial charge < -0.3 is 10.2 Å². The molecule has 1 aromatic heterocycles. The molecule has 0 aromatic carbocycles. The molecule has 0 aliphatic carbocycles. The molecule has 88 valence electrons. The van der Waals surface area contributed by atoms with Crippen LogP contribution in [0.1, 0.15) is 12.0 Å². The zero-order valence-electron chi connectivity index (χ0n) is 10.0. The molecule has 1 N–H and O–H groups in total. The summed E-state index contributed by atoms with van der Waals surface area (Å²) in [6.07, 6.45) is 6.28. The minimum absolute atomic E-state index is 0.846. The lowest BCUT2D eigenvalue weighted by Crippen LogP contribution is -2.26. The number of pyridine rings is 1. The molecule has 1 aliphatic rings. The van der Waals surface area contributed by atoms with Crippen molar-refractivity contribution in [3.8, 4) is 0 Å². The van der Waals surface area contributed by atoms with Gasteiger partial charge in [-0.25, -0.2) is 0 Å². The topological polar surface area (TPSA) is 28.2 Å². The van der Waals surface area contributed by atoms with Crippen molar-refractivity contribution in [2.75, 3.05) is 33.2 Å². The van der Waals surface area contributed by atoms with Gasteiger partial charge in [-0.1, -0.05) is 6.07 Å². The molecule has 2 heterocycles. The van der Waals surface area contributed by atoms with E-state index in [9.17, 15) is 0 Å². The van der Waals surface area contributed by atoms with Crippen LogP contribution in [0.4, 0.5) is 0 Å². The van der Waals surface area contributed by atoms with Crippen LogP contribution in [-0.2, 0) is 6.42 Å². The van der Waals surface area contributed by atoms with Gasteiger partial charge in [-0.2, -0.15) is 0 Å². The summed E-state index contributed by atoms with van der Waals surface area (Å²) in [4.78, 5) is 6.71. The van der Waals surface area contributed by atoms with E-state index in [1.54, 1.807) is 0 Å². The van der Waals surface area contributed by atoms with Crippen molar-refractivity contribution in [3.63, 3.8) is 0 Å². The highest BCUT2D eigenvalue weighted by Gasteiger charge is 2.20. The predicted octanol–water partition coefficient (Wildman–Crippen LogP) is 1.17. The highest BCUT2D eigenvalue weighted by atomic mass is 15.1. The monoisotopic (exact) mass is 219 g/mol. The Labute approximate surface area is 97.9 Å². The third kappa shape index (κ3) is 3.29. The number of rotatable bonds is 5. The summed E-state index contributed by atoms with van der Waals surface area (Å²) in [7, 11) is 2.04. The Kier molecular flexibility index (Phi) is 4.31. The maximum atomic E-state index is 4.15. The number of hydrogen-bond acceptors (Lipinski definition) is 3. The number of hydrogen-bond donors (Lipinski definition) is 1. The van der Waals surface area contributed by atoms with Gasteiger partial charge in [-0.3, -0.25) is 4.98 Å². The van der Waals surface area contributed by atoms with Gasteiger partial charge in [0.05, 0.1) is 0 Å². The third-order valence-electron chi connectivity index (χ3n) is 3.30. The van der Waals surface area contributed by atoms with Crippen molar-refractivity contribution in [3.05, 3.63) is 30.1 Å². The normalized spacial score (nSPS) is 21.4. The minimum Gasteiger partial charge on any atom is -0.319 e. The molecule has 1 saturated heterocycles. The second kappa shape index (κ2) is 5.97. The van der Waals surface area contributed by atoms with Crippen LogP contribution in [0.2, 0.25) is 0 Å². The van der Waals surface area contributed by atoms with Gasteiger partial charge in [0.15, 0.2) is 0 Å². The quantitative estimate of drug-likeness (QED) is 0.805. The van der Waals surface area contributed by atoms with E-state index in [1.807, 2.05) is 25.5 Å². The molecular formula is C13H21N3. The largest absolute Gasteiger partial charge is 0.319 e. The highest BCUT2D eigenvalue weighted by molar-refractivity contribution is 5.08. The summed E-state index contributed by atoms with van der Waals surface area (Å²) in [5, 5.41) is 3.27. The van der Waals surface area contributed by atoms with E-state index < -0.39 is 0 Å². The summed E-state index contributed by atoms with van der Waals surface area (Å²) in [6, 6.07) is 4.18. The fourth-order valence-electron chi connectivity index (χ4n) is 2.40. The molecule has 16 heavy (non-hydrogen) atoms. The Morgan fingerprint density at radius 3 is 3.25 bits per heavy atom. The first kappa shape index (κ1) is 11.6. The van der Waals surface area contributed by atoms with Crippen molar-refractivity contribution >= 4 is 0 Å². The molecule has 1 fully saturated rings. The molecule has 1 aromatic rings. The molecule has 1 unspecified atom stereocenters. The lowest BCUT2D eigenvalue weighted by molar-refractivity contribution is 0.327. The fraction of sp³-hybridized carbons (Fsp3) is 0.615. The summed E-state index contributed by atoms with van der Waals surface area (Å²) in [5.41, 5.74) is 1.35. The highest BCUT2D eigenvalue weighted by Crippen LogP contribution is 2.15. The Morgan fingerprint density at radius 1 is 1.56 bits per heavy atom. The molecule has 0 amide bonds. The smallest absolute Gasteiger partial charge is 0.0300 e. The van der Waals surface area contributed by atoms with Crippen molar-refractivity contribution in [1.29, 1.82) is 0 Å². The zero-order chi connectivity index (χ0) is 11.2. The summed E-state index contributed by atoms with van der Waals surface area (Å²) in [5.74, 6) is 0.846. The average molecular weight is 219 g/mol. The van der Waals surface area contributed by atoms with E-state index in [0.717, 1.165) is 18.9 Å². The SMILES string of the molecule is CNCC1CCN(CCc2cccnc2)C1. The summed E-state index contributed by atoms with van der Waals surface area (Å²) in [6.45, 7) is 4.84. The van der Waals surface area contributed by atoms with Crippen molar-refractivity contribution in [2.24, 2.45) is 5.92 Å². The Morgan fingerprint density at radius 2 is 2.50 bits per heavy atom. The molecule has 2 rings (SSSR count). The molecule has 0 bridgehead atoms. The van der Waals surface area contributed by atoms with Gasteiger partial charge in [-0.05, 0) is 50.5 Å². The molecule has 1 aliphatic heterocycles. The van der Waals surface area contributed by atoms with E-state index in [2.05, 4.69) is 21.3 Å². The van der Waals surface area contributed by atoms with Gasteiger partial charge in [0, 0.05) is 25.5 Å². The van der Waals surface area contributed by atoms with Crippen LogP contribution < -0.4 is 5.32 Å². The van der Waals surface area contributed by atoms with Crippen molar-refractivity contribution in [2.45, 2.75) is 12.8 Å². The van der Waals surface area contributed by atoms with E-state index in [0.29, 0.717) is 0 Å². The van der Waals surface area contributed by atoms with E-state index in [4.69, 9.17) is 0 Å². The third-order valence-corrected chi connectivity index (χ3v) is 3.30. The minimum atomic E-state index is 0.846. The predicted molar refractivity (Wildman–Crippen MR) is 66.4 cm³/mol. The van der Waals surface area contributed by atoms with Crippen LogP contribution in [0, 0.1) is 5.92 Å². The van der Waals surface area contributed by atoms with E-state index in [-0.39, 0.29) is 0 Å². The van der Waals surface area contributed by atoms with Gasteiger partial charge in [-0.15, -0.1) is 0 Å². The van der Waals surface area contributed by atoms with Gasteiger partial charge >= 0.3 is 0 Å². The van der Waals surface area contributed by atoms with Gasteiger partial charge in [0.1, 0.15) is 0 Å². The maximum absolute atomic E-state index is 4.15. The Bertz CT molecular complexity index is 299. The maximum Gasteiger partial charge on any atom is 0.0300 e. The summed E-state index contributed by atoms with van der Waals surface area (Å²) < 4.78 is 0. The van der Waals surface area contributed by atoms with Crippen LogP contribution in [0.15, 0.2) is 24.5 Å². The lowest BCUT2D eigenvalue weighted by Gasteiger charge is -2.15. The second-order valence-corrected chi connectivity index (χ2v) is 4.62. The van der Waals surface area contributed by atoms with Crippen LogP contribution in [-0.4, -0.2) is 43.1 Å². The molecule has 3 nitrogen and oxygen atoms in total. The molecule has 3 heteroatoms. The van der Waals surface area contributed by atoms with E-state index in [1.165, 1.54) is 31.6 Å². The average Bonchev–Trinajstić information content (AvgIpc) is 2.76. The first-order valence-corrected chi connectivity index (χ1v) is 6.14. The van der Waals surface area contributed by atoms with Crippen molar-refractivity contribution < 1.29 is 0 Å². The van der Waals surface area contributed by atoms with Crippen LogP contribution in [0.25, 0.3) is 0 Å². The molecule has 0 spiro atoms. The number of nitrogens with zero attached hydrogens (tertiary/aromatic N) is 2. The standard InChI is InChI=1S/C13H21N3/c1-14-9-13-5-8-16(11-13)7-4-12-3-2-6-15-10-12/h2-3,6,10,13-14H,4-5,7-9,11H2,1H3. The summed E-state index contributed by atoms with van der Waals surface area (Å²) >= 11 is 0. The first-order chi connectivity index (χ1) is 7.88. The molecule has 0 radical (unpaired) electrons. The lowest BCUT2D eigenvalue weighted by atomic mass is 10.1. The van der Waals surface area contributed by atoms with Crippen molar-refractivity contribution in [1.82, 2.24) is 15.2 Å². The van der Waals surface area contributed by atoms with Crippen LogP contribution in [0.5, 0.6) is 0 Å². The number of aromatic nitrogens is 1. The second-order valence-electron chi connectivity index (χ2n) is 4.62. The van der Waals surface area contributed by atoms with Gasteiger partial charge in [0.25, 0.3) is 0 Å². The zero-order valence-corrected chi connectivity index (χ0v) is 10.0. The van der Waals surface area contributed by atoms with Crippen LogP contribution in [0.3, 0.4) is 0 Å². The number of likely N-dealkylation sites (tertiary alicyclic amines) is 1. The van der Waals surface area contributed by atoms with Crippen LogP contribution >= 0.6 is 0 Å².